The molecule has 6 N–H and O–H groups in total. The predicted molar refractivity (Wildman–Crippen MR) is 128 cm³/mol. The van der Waals surface area contributed by atoms with Crippen LogP contribution in [0.25, 0.3) is 10.4 Å². The maximum Gasteiger partial charge on any atom is 0.331 e. The van der Waals surface area contributed by atoms with E-state index in [1.807, 2.05) is 6.07 Å². The van der Waals surface area contributed by atoms with Crippen LogP contribution in [0.2, 0.25) is 0 Å². The molecule has 0 atom stereocenters. The molecule has 2 aromatic rings. The summed E-state index contributed by atoms with van der Waals surface area (Å²) < 4.78 is 5.55. The third-order valence-corrected chi connectivity index (χ3v) is 6.35. The molecule has 9 nitrogen and oxygen atoms in total. The minimum Gasteiger partial charge on any atom is -0.461 e. The highest BCUT2D eigenvalue weighted by Crippen LogP contribution is 2.35. The van der Waals surface area contributed by atoms with Crippen LogP contribution in [-0.2, 0) is 14.3 Å². The van der Waals surface area contributed by atoms with Gasteiger partial charge in [-0.2, -0.15) is 0 Å². The molecule has 0 unspecified atom stereocenters. The fourth-order valence-electron chi connectivity index (χ4n) is 3.43. The number of benzene rings is 1. The van der Waals surface area contributed by atoms with Crippen molar-refractivity contribution >= 4 is 40.5 Å². The van der Waals surface area contributed by atoms with Crippen LogP contribution < -0.4 is 22.1 Å². The van der Waals surface area contributed by atoms with Crippen LogP contribution in [0.5, 0.6) is 0 Å². The van der Waals surface area contributed by atoms with Crippen LogP contribution in [0, 0.1) is 0 Å². The highest BCUT2D eigenvalue weighted by Gasteiger charge is 2.34. The smallest absolute Gasteiger partial charge is 0.331 e. The van der Waals surface area contributed by atoms with Gasteiger partial charge in [-0.25, -0.2) is 4.79 Å². The van der Waals surface area contributed by atoms with Gasteiger partial charge in [0.05, 0.1) is 5.56 Å². The number of anilines is 1. The fraction of sp³-hybridized carbons (Fsp3) is 0.391. The van der Waals surface area contributed by atoms with E-state index in [9.17, 15) is 14.4 Å². The highest BCUT2D eigenvalue weighted by atomic mass is 32.1. The quantitative estimate of drug-likeness (QED) is 0.357. The van der Waals surface area contributed by atoms with Crippen molar-refractivity contribution in [2.45, 2.75) is 51.2 Å². The summed E-state index contributed by atoms with van der Waals surface area (Å²) in [6.07, 6.45) is 4.07. The van der Waals surface area contributed by atoms with Gasteiger partial charge >= 0.3 is 5.97 Å². The maximum absolute atomic E-state index is 12.8. The number of rotatable bonds is 7. The number of nitrogens with two attached hydrogens (primary N) is 2. The minimum atomic E-state index is -1.14. The third kappa shape index (κ3) is 6.79. The molecular weight excluding hydrogens is 444 g/mol. The molecule has 3 amide bonds. The number of hydrogen-bond acceptors (Lipinski definition) is 7. The van der Waals surface area contributed by atoms with Gasteiger partial charge in [-0.1, -0.05) is 12.1 Å². The molecule has 1 aliphatic rings. The summed E-state index contributed by atoms with van der Waals surface area (Å²) in [7, 11) is 1.72. The van der Waals surface area contributed by atoms with Crippen molar-refractivity contribution in [2.24, 2.45) is 11.5 Å². The summed E-state index contributed by atoms with van der Waals surface area (Å²) in [5, 5.41) is 6.41. The van der Waals surface area contributed by atoms with Crippen LogP contribution in [-0.4, -0.2) is 42.9 Å². The number of carbonyl (C=O) groups excluding carboxylic acids is 4. The first-order valence-electron chi connectivity index (χ1n) is 10.5. The van der Waals surface area contributed by atoms with Crippen LogP contribution in [0.3, 0.4) is 0 Å². The predicted octanol–water partition coefficient (Wildman–Crippen LogP) is 2.65. The first-order chi connectivity index (χ1) is 15.6. The Labute approximate surface area is 196 Å². The molecule has 0 aliphatic heterocycles. The van der Waals surface area contributed by atoms with Gasteiger partial charge in [0, 0.05) is 17.5 Å². The zero-order valence-electron chi connectivity index (χ0n) is 19.0. The Balaban J connectivity index is 0.00000122. The minimum absolute atomic E-state index is 0.0587. The molecule has 1 aliphatic carbocycles. The summed E-state index contributed by atoms with van der Waals surface area (Å²) in [6.45, 7) is 3.28. The van der Waals surface area contributed by atoms with Crippen molar-refractivity contribution in [1.29, 1.82) is 0 Å². The second-order valence-corrected chi connectivity index (χ2v) is 9.13. The fourth-order valence-corrected chi connectivity index (χ4v) is 4.44. The molecule has 1 aromatic carbocycles. The molecule has 0 saturated heterocycles. The van der Waals surface area contributed by atoms with Crippen molar-refractivity contribution in [3.63, 3.8) is 0 Å². The second kappa shape index (κ2) is 11.5. The normalized spacial score (nSPS) is 13.4. The van der Waals surface area contributed by atoms with E-state index in [0.717, 1.165) is 36.1 Å². The van der Waals surface area contributed by atoms with Crippen molar-refractivity contribution in [3.8, 4) is 10.4 Å². The highest BCUT2D eigenvalue weighted by molar-refractivity contribution is 7.19. The lowest BCUT2D eigenvalue weighted by Crippen LogP contribution is -2.51. The second-order valence-electron chi connectivity index (χ2n) is 8.08. The molecule has 0 bridgehead atoms. The summed E-state index contributed by atoms with van der Waals surface area (Å²) in [5.74, 6) is -1.31. The van der Waals surface area contributed by atoms with Crippen LogP contribution in [0.1, 0.15) is 60.2 Å². The Morgan fingerprint density at radius 1 is 1.18 bits per heavy atom. The zero-order chi connectivity index (χ0) is 24.6. The number of nitrogens with one attached hydrogen (secondary N) is 2. The maximum atomic E-state index is 12.8. The molecule has 1 saturated carbocycles. The SMILES string of the molecule is CNc1sc(-c2cccc(C(=O)NC(C)(C)C(=O)OC3CCCC3)c2)cc1C(N)=O.NC=O. The standard InChI is InChI=1S/C22H27N3O4S.CH3NO/c1-22(2,21(28)29-15-9-4-5-10-15)25-19(27)14-8-6-7-13(11-14)17-12-16(18(23)26)20(24-3)30-17;2-1-3/h6-8,11-12,15,24H,4-5,9-10H2,1-3H3,(H2,23,26)(H,25,27);1H,(H2,2,3). The van der Waals surface area contributed by atoms with Crippen molar-refractivity contribution in [3.05, 3.63) is 41.5 Å². The number of thiophene rings is 1. The summed E-state index contributed by atoms with van der Waals surface area (Å²) in [5.41, 5.74) is 10.1. The Morgan fingerprint density at radius 2 is 1.82 bits per heavy atom. The van der Waals surface area contributed by atoms with Gasteiger partial charge in [0.25, 0.3) is 11.8 Å². The van der Waals surface area contributed by atoms with Gasteiger partial charge in [0.2, 0.25) is 6.41 Å². The molecule has 3 rings (SSSR count). The Hall–Kier alpha value is -3.40. The van der Waals surface area contributed by atoms with Crippen molar-refractivity contribution < 1.29 is 23.9 Å². The Kier molecular flexibility index (Phi) is 8.98. The van der Waals surface area contributed by atoms with Crippen molar-refractivity contribution in [1.82, 2.24) is 5.32 Å². The largest absolute Gasteiger partial charge is 0.461 e. The number of hydrogen-bond donors (Lipinski definition) is 4. The molecule has 1 aromatic heterocycles. The first kappa shape index (κ1) is 25.9. The summed E-state index contributed by atoms with van der Waals surface area (Å²) in [6, 6.07) is 8.73. The van der Waals surface area contributed by atoms with E-state index < -0.39 is 17.4 Å². The number of ether oxygens (including phenoxy) is 1. The van der Waals surface area contributed by atoms with E-state index in [-0.39, 0.29) is 18.4 Å². The third-order valence-electron chi connectivity index (χ3n) is 5.15. The van der Waals surface area contributed by atoms with Crippen LogP contribution in [0.15, 0.2) is 30.3 Å². The molecule has 0 spiro atoms. The molecule has 33 heavy (non-hydrogen) atoms. The summed E-state index contributed by atoms with van der Waals surface area (Å²) in [4.78, 5) is 46.4. The average molecular weight is 475 g/mol. The number of amides is 3. The van der Waals surface area contributed by atoms with E-state index >= 15 is 0 Å². The van der Waals surface area contributed by atoms with Gasteiger partial charge in [-0.3, -0.25) is 14.4 Å². The van der Waals surface area contributed by atoms with Crippen LogP contribution in [0.4, 0.5) is 5.00 Å². The zero-order valence-corrected chi connectivity index (χ0v) is 19.8. The van der Waals surface area contributed by atoms with Gasteiger partial charge in [-0.15, -0.1) is 11.3 Å². The van der Waals surface area contributed by atoms with E-state index in [1.165, 1.54) is 11.3 Å². The van der Waals surface area contributed by atoms with Crippen molar-refractivity contribution in [2.75, 3.05) is 12.4 Å². The number of primary amides is 2. The van der Waals surface area contributed by atoms with E-state index in [1.54, 1.807) is 45.2 Å². The molecular formula is C23H30N4O5S. The van der Waals surface area contributed by atoms with Crippen LogP contribution >= 0.6 is 11.3 Å². The Bertz CT molecular complexity index is 1010. The van der Waals surface area contributed by atoms with Gasteiger partial charge in [0.15, 0.2) is 0 Å². The lowest BCUT2D eigenvalue weighted by molar-refractivity contribution is -0.155. The molecule has 1 heterocycles. The molecule has 1 fully saturated rings. The lowest BCUT2D eigenvalue weighted by atomic mass is 10.0. The average Bonchev–Trinajstić information content (AvgIpc) is 3.44. The lowest BCUT2D eigenvalue weighted by Gasteiger charge is -2.26. The molecule has 178 valence electrons. The van der Waals surface area contributed by atoms with Gasteiger partial charge in [-0.05, 0) is 63.3 Å². The van der Waals surface area contributed by atoms with Gasteiger partial charge < -0.3 is 26.8 Å². The molecule has 10 heteroatoms. The monoisotopic (exact) mass is 474 g/mol. The Morgan fingerprint density at radius 3 is 2.36 bits per heavy atom. The number of esters is 1. The first-order valence-corrected chi connectivity index (χ1v) is 11.3. The van der Waals surface area contributed by atoms with Gasteiger partial charge in [0.1, 0.15) is 16.6 Å². The number of carbonyl (C=O) groups is 4. The topological polar surface area (TPSA) is 154 Å². The van der Waals surface area contributed by atoms with E-state index in [4.69, 9.17) is 15.3 Å². The van der Waals surface area contributed by atoms with E-state index in [2.05, 4.69) is 16.4 Å². The molecule has 0 radical (unpaired) electrons. The summed E-state index contributed by atoms with van der Waals surface area (Å²) >= 11 is 1.38. The van der Waals surface area contributed by atoms with E-state index in [0.29, 0.717) is 16.1 Å².